The van der Waals surface area contributed by atoms with Crippen LogP contribution in [0.2, 0.25) is 0 Å². The van der Waals surface area contributed by atoms with E-state index in [1.165, 1.54) is 0 Å². The smallest absolute Gasteiger partial charge is 0.138 e. The van der Waals surface area contributed by atoms with Crippen molar-refractivity contribution in [3.8, 4) is 33.9 Å². The van der Waals surface area contributed by atoms with Crippen molar-refractivity contribution in [1.82, 2.24) is 25.1 Å². The zero-order valence-corrected chi connectivity index (χ0v) is 13.8. The first-order chi connectivity index (χ1) is 12.9. The number of hydrogen-bond acceptors (Lipinski definition) is 3. The Hall–Kier alpha value is -3.73. The highest BCUT2D eigenvalue weighted by Crippen LogP contribution is 2.33. The molecular formula is C21H15N5. The van der Waals surface area contributed by atoms with Gasteiger partial charge in [0.2, 0.25) is 0 Å². The minimum absolute atomic E-state index is 0.845. The van der Waals surface area contributed by atoms with Gasteiger partial charge >= 0.3 is 0 Å². The second-order valence-electron chi connectivity index (χ2n) is 6.08. The summed E-state index contributed by atoms with van der Waals surface area (Å²) in [5, 5.41) is 8.23. The third-order valence-corrected chi connectivity index (χ3v) is 4.44. The van der Waals surface area contributed by atoms with Crippen LogP contribution in [0.25, 0.3) is 44.8 Å². The first kappa shape index (κ1) is 14.6. The summed E-state index contributed by atoms with van der Waals surface area (Å²) >= 11 is 0. The summed E-state index contributed by atoms with van der Waals surface area (Å²) in [6.07, 6.45) is 5.40. The lowest BCUT2D eigenvalue weighted by Gasteiger charge is -2.03. The molecule has 124 valence electrons. The fourth-order valence-electron chi connectivity index (χ4n) is 3.13. The summed E-state index contributed by atoms with van der Waals surface area (Å²) in [6, 6.07) is 20.3. The molecule has 3 heterocycles. The standard InChI is InChI=1S/C21H15N5/c1-2-4-15(5-3-1)21-24-19(14-8-10-22-11-9-14)20(25-21)16-6-7-17-13-23-26-18(17)12-16/h1-13H,(H,23,26)(H,24,25). The average Bonchev–Trinajstić information content (AvgIpc) is 3.36. The quantitative estimate of drug-likeness (QED) is 0.502. The van der Waals surface area contributed by atoms with Crippen molar-refractivity contribution in [1.29, 1.82) is 0 Å². The number of imidazole rings is 1. The highest BCUT2D eigenvalue weighted by atomic mass is 15.1. The number of aromatic amines is 2. The molecule has 0 aliphatic carbocycles. The summed E-state index contributed by atoms with van der Waals surface area (Å²) in [5.41, 5.74) is 6.02. The van der Waals surface area contributed by atoms with Gasteiger partial charge in [-0.05, 0) is 18.2 Å². The highest BCUT2D eigenvalue weighted by molar-refractivity contribution is 5.87. The highest BCUT2D eigenvalue weighted by Gasteiger charge is 2.15. The van der Waals surface area contributed by atoms with Gasteiger partial charge in [0.25, 0.3) is 0 Å². The Bertz CT molecular complexity index is 1170. The molecule has 0 bridgehead atoms. The lowest BCUT2D eigenvalue weighted by molar-refractivity contribution is 1.12. The Morgan fingerprint density at radius 1 is 0.769 bits per heavy atom. The van der Waals surface area contributed by atoms with E-state index in [0.29, 0.717) is 0 Å². The van der Waals surface area contributed by atoms with Gasteiger partial charge < -0.3 is 4.98 Å². The molecule has 5 nitrogen and oxygen atoms in total. The second kappa shape index (κ2) is 5.97. The topological polar surface area (TPSA) is 70.2 Å². The molecule has 2 aromatic carbocycles. The molecule has 26 heavy (non-hydrogen) atoms. The first-order valence-electron chi connectivity index (χ1n) is 8.38. The molecule has 0 aliphatic heterocycles. The summed E-state index contributed by atoms with van der Waals surface area (Å²) in [4.78, 5) is 12.5. The van der Waals surface area contributed by atoms with Gasteiger partial charge in [0.1, 0.15) is 5.82 Å². The van der Waals surface area contributed by atoms with Crippen molar-refractivity contribution in [2.45, 2.75) is 0 Å². The van der Waals surface area contributed by atoms with Gasteiger partial charge in [-0.15, -0.1) is 0 Å². The number of pyridine rings is 1. The van der Waals surface area contributed by atoms with Crippen molar-refractivity contribution in [3.63, 3.8) is 0 Å². The fourth-order valence-corrected chi connectivity index (χ4v) is 3.13. The number of H-pyrrole nitrogens is 2. The van der Waals surface area contributed by atoms with E-state index in [2.05, 4.69) is 50.5 Å². The van der Waals surface area contributed by atoms with Crippen molar-refractivity contribution < 1.29 is 0 Å². The van der Waals surface area contributed by atoms with Crippen LogP contribution in [0.4, 0.5) is 0 Å². The van der Waals surface area contributed by atoms with Crippen LogP contribution in [0, 0.1) is 0 Å². The van der Waals surface area contributed by atoms with Gasteiger partial charge in [0.15, 0.2) is 0 Å². The van der Waals surface area contributed by atoms with Crippen LogP contribution in [-0.4, -0.2) is 25.1 Å². The minimum atomic E-state index is 0.845. The summed E-state index contributed by atoms with van der Waals surface area (Å²) < 4.78 is 0. The molecule has 0 fully saturated rings. The van der Waals surface area contributed by atoms with Crippen LogP contribution in [0.15, 0.2) is 79.3 Å². The lowest BCUT2D eigenvalue weighted by atomic mass is 10.0. The molecular weight excluding hydrogens is 322 g/mol. The third kappa shape index (κ3) is 2.46. The molecule has 0 aliphatic rings. The van der Waals surface area contributed by atoms with Crippen LogP contribution in [0.3, 0.4) is 0 Å². The number of nitrogens with one attached hydrogen (secondary N) is 2. The van der Waals surface area contributed by atoms with Crippen LogP contribution in [0.5, 0.6) is 0 Å². The van der Waals surface area contributed by atoms with E-state index in [4.69, 9.17) is 4.98 Å². The molecule has 0 unspecified atom stereocenters. The number of hydrogen-bond donors (Lipinski definition) is 2. The van der Waals surface area contributed by atoms with Crippen molar-refractivity contribution in [2.75, 3.05) is 0 Å². The van der Waals surface area contributed by atoms with E-state index in [1.54, 1.807) is 12.4 Å². The summed E-state index contributed by atoms with van der Waals surface area (Å²) in [5.74, 6) is 0.845. The van der Waals surface area contributed by atoms with E-state index in [0.717, 1.165) is 44.8 Å². The van der Waals surface area contributed by atoms with E-state index < -0.39 is 0 Å². The lowest BCUT2D eigenvalue weighted by Crippen LogP contribution is -1.84. The van der Waals surface area contributed by atoms with Gasteiger partial charge in [0, 0.05) is 34.5 Å². The van der Waals surface area contributed by atoms with E-state index in [9.17, 15) is 0 Å². The maximum Gasteiger partial charge on any atom is 0.138 e. The van der Waals surface area contributed by atoms with Crippen molar-refractivity contribution in [3.05, 3.63) is 79.3 Å². The Morgan fingerprint density at radius 3 is 2.46 bits per heavy atom. The Labute approximate surface area is 149 Å². The molecule has 0 amide bonds. The Morgan fingerprint density at radius 2 is 1.62 bits per heavy atom. The fraction of sp³-hybridized carbons (Fsp3) is 0. The SMILES string of the molecule is c1ccc(-c2nc(-c3ccncc3)c(-c3ccc4cn[nH]c4c3)[nH]2)cc1. The number of benzene rings is 2. The van der Waals surface area contributed by atoms with Gasteiger partial charge in [-0.3, -0.25) is 10.1 Å². The first-order valence-corrected chi connectivity index (χ1v) is 8.38. The number of aromatic nitrogens is 5. The number of fused-ring (bicyclic) bond motifs is 1. The molecule has 5 heteroatoms. The maximum atomic E-state index is 4.89. The molecule has 3 aromatic heterocycles. The molecule has 0 spiro atoms. The second-order valence-corrected chi connectivity index (χ2v) is 6.08. The molecule has 0 saturated heterocycles. The van der Waals surface area contributed by atoms with Gasteiger partial charge in [-0.25, -0.2) is 4.98 Å². The Kier molecular flexibility index (Phi) is 3.35. The average molecular weight is 337 g/mol. The predicted octanol–water partition coefficient (Wildman–Crippen LogP) is 4.68. The molecule has 0 saturated carbocycles. The summed E-state index contributed by atoms with van der Waals surface area (Å²) in [6.45, 7) is 0. The van der Waals surface area contributed by atoms with E-state index >= 15 is 0 Å². The van der Waals surface area contributed by atoms with Crippen LogP contribution in [-0.2, 0) is 0 Å². The van der Waals surface area contributed by atoms with E-state index in [-0.39, 0.29) is 0 Å². The number of nitrogens with zero attached hydrogens (tertiary/aromatic N) is 3. The van der Waals surface area contributed by atoms with Crippen LogP contribution >= 0.6 is 0 Å². The van der Waals surface area contributed by atoms with Gasteiger partial charge in [0.05, 0.1) is 23.1 Å². The molecule has 0 radical (unpaired) electrons. The molecule has 0 atom stereocenters. The summed E-state index contributed by atoms with van der Waals surface area (Å²) in [7, 11) is 0. The minimum Gasteiger partial charge on any atom is -0.337 e. The van der Waals surface area contributed by atoms with Crippen LogP contribution in [0.1, 0.15) is 0 Å². The monoisotopic (exact) mass is 337 g/mol. The zero-order valence-electron chi connectivity index (χ0n) is 13.8. The largest absolute Gasteiger partial charge is 0.337 e. The number of rotatable bonds is 3. The van der Waals surface area contributed by atoms with E-state index in [1.807, 2.05) is 36.5 Å². The normalized spacial score (nSPS) is 11.1. The third-order valence-electron chi connectivity index (χ3n) is 4.44. The van der Waals surface area contributed by atoms with Crippen LogP contribution < -0.4 is 0 Å². The maximum absolute atomic E-state index is 4.89. The van der Waals surface area contributed by atoms with Crippen molar-refractivity contribution in [2.24, 2.45) is 0 Å². The molecule has 2 N–H and O–H groups in total. The van der Waals surface area contributed by atoms with Gasteiger partial charge in [-0.1, -0.05) is 42.5 Å². The molecule has 5 rings (SSSR count). The predicted molar refractivity (Wildman–Crippen MR) is 102 cm³/mol. The van der Waals surface area contributed by atoms with Gasteiger partial charge in [-0.2, -0.15) is 5.10 Å². The van der Waals surface area contributed by atoms with Crippen molar-refractivity contribution >= 4 is 10.9 Å². The zero-order chi connectivity index (χ0) is 17.3. The Balaban J connectivity index is 1.73. The molecule has 5 aromatic rings.